The standard InChI is InChI=1S/C37H43ClFN9O3/c1-45(25-9-15-47(22-25)29(49)8-3-12-46-16-18-50-19-17-46)35-26-21-41-34(33-30-24(20-28(40)42-33)6-2-7-27(30)38)31(39)32(26)43-36(44-35)51-23-37-10-4-13-48(37)14-5-11-37/h2-3,6-8,20-21,25H,4-5,9-19,22-23H2,1H3,(H2,40,42)/b8-3+. The molecule has 0 radical (unpaired) electrons. The number of likely N-dealkylation sites (tertiary alicyclic amines) is 1. The van der Waals surface area contributed by atoms with E-state index in [0.717, 1.165) is 76.9 Å². The van der Waals surface area contributed by atoms with Gasteiger partial charge in [-0.05, 0) is 62.7 Å². The number of nitrogens with two attached hydrogens (primary N) is 1. The van der Waals surface area contributed by atoms with Crippen molar-refractivity contribution in [2.45, 2.75) is 43.7 Å². The van der Waals surface area contributed by atoms with E-state index in [1.165, 1.54) is 0 Å². The monoisotopic (exact) mass is 715 g/mol. The first kappa shape index (κ1) is 33.9. The van der Waals surface area contributed by atoms with Gasteiger partial charge in [0.1, 0.15) is 35.1 Å². The van der Waals surface area contributed by atoms with E-state index in [2.05, 4.69) is 24.8 Å². The largest absolute Gasteiger partial charge is 0.461 e. The lowest BCUT2D eigenvalue weighted by molar-refractivity contribution is -0.125. The Kier molecular flexibility index (Phi) is 9.38. The molecule has 1 aromatic carbocycles. The lowest BCUT2D eigenvalue weighted by atomic mass is 9.95. The molecule has 0 aliphatic carbocycles. The quantitative estimate of drug-likeness (QED) is 0.246. The Morgan fingerprint density at radius 3 is 2.75 bits per heavy atom. The fourth-order valence-electron chi connectivity index (χ4n) is 8.26. The Morgan fingerprint density at radius 1 is 1.14 bits per heavy atom. The van der Waals surface area contributed by atoms with E-state index in [1.54, 1.807) is 24.4 Å². The normalized spacial score (nSPS) is 20.9. The fraction of sp³-hybridized carbons (Fsp3) is 0.486. The van der Waals surface area contributed by atoms with E-state index in [9.17, 15) is 4.79 Å². The van der Waals surface area contributed by atoms with Gasteiger partial charge in [0, 0.05) is 63.5 Å². The zero-order valence-corrected chi connectivity index (χ0v) is 29.6. The van der Waals surface area contributed by atoms with Gasteiger partial charge in [-0.2, -0.15) is 9.97 Å². The Balaban J connectivity index is 1.12. The molecule has 268 valence electrons. The van der Waals surface area contributed by atoms with Crippen LogP contribution in [0.3, 0.4) is 0 Å². The molecule has 51 heavy (non-hydrogen) atoms. The highest BCUT2D eigenvalue weighted by molar-refractivity contribution is 6.36. The van der Waals surface area contributed by atoms with E-state index < -0.39 is 5.82 Å². The number of aromatic nitrogens is 4. The highest BCUT2D eigenvalue weighted by Crippen LogP contribution is 2.40. The maximum absolute atomic E-state index is 16.9. The molecule has 14 heteroatoms. The van der Waals surface area contributed by atoms with Crippen molar-refractivity contribution < 1.29 is 18.7 Å². The van der Waals surface area contributed by atoms with Crippen molar-refractivity contribution >= 4 is 50.8 Å². The summed E-state index contributed by atoms with van der Waals surface area (Å²) < 4.78 is 28.7. The molecule has 3 aromatic heterocycles. The summed E-state index contributed by atoms with van der Waals surface area (Å²) in [6, 6.07) is 7.14. The summed E-state index contributed by atoms with van der Waals surface area (Å²) in [5, 5.41) is 2.13. The van der Waals surface area contributed by atoms with Crippen molar-refractivity contribution in [2.75, 3.05) is 83.3 Å². The summed E-state index contributed by atoms with van der Waals surface area (Å²) in [5.74, 6) is 0.0292. The number of hydrogen-bond donors (Lipinski definition) is 1. The lowest BCUT2D eigenvalue weighted by Crippen LogP contribution is -2.43. The highest BCUT2D eigenvalue weighted by Gasteiger charge is 2.45. The molecule has 4 aromatic rings. The number of morpholine rings is 1. The third kappa shape index (κ3) is 6.56. The number of benzene rings is 1. The van der Waals surface area contributed by atoms with Crippen molar-refractivity contribution in [3.63, 3.8) is 0 Å². The maximum atomic E-state index is 16.9. The van der Waals surface area contributed by atoms with E-state index in [1.807, 2.05) is 35.1 Å². The molecule has 4 fully saturated rings. The minimum atomic E-state index is -0.663. The SMILES string of the molecule is CN(c1nc(OCC23CCCN2CCC3)nc2c(F)c(-c3nc(N)cc4cccc(Cl)c34)ncc12)C1CCN(C(=O)/C=C/CN2CCOCC2)C1. The summed E-state index contributed by atoms with van der Waals surface area (Å²) in [4.78, 5) is 40.4. The van der Waals surface area contributed by atoms with E-state index >= 15 is 4.39 Å². The van der Waals surface area contributed by atoms with Gasteiger partial charge in [-0.15, -0.1) is 0 Å². The van der Waals surface area contributed by atoms with Gasteiger partial charge in [-0.1, -0.05) is 29.8 Å². The summed E-state index contributed by atoms with van der Waals surface area (Å²) in [7, 11) is 1.92. The lowest BCUT2D eigenvalue weighted by Gasteiger charge is -2.31. The summed E-state index contributed by atoms with van der Waals surface area (Å²) >= 11 is 6.62. The molecule has 4 saturated heterocycles. The second-order valence-electron chi connectivity index (χ2n) is 14.1. The first-order chi connectivity index (χ1) is 24.8. The summed E-state index contributed by atoms with van der Waals surface area (Å²) in [6.45, 7) is 7.54. The van der Waals surface area contributed by atoms with Crippen LogP contribution in [0.15, 0.2) is 42.6 Å². The van der Waals surface area contributed by atoms with Crippen LogP contribution in [0.4, 0.5) is 16.0 Å². The molecule has 1 amide bonds. The number of hydrogen-bond acceptors (Lipinski definition) is 11. The van der Waals surface area contributed by atoms with Crippen molar-refractivity contribution in [3.8, 4) is 17.4 Å². The second-order valence-corrected chi connectivity index (χ2v) is 14.5. The Morgan fingerprint density at radius 2 is 1.94 bits per heavy atom. The number of anilines is 2. The number of pyridine rings is 2. The van der Waals surface area contributed by atoms with E-state index in [-0.39, 0.29) is 46.2 Å². The van der Waals surface area contributed by atoms with Crippen LogP contribution >= 0.6 is 11.6 Å². The predicted molar refractivity (Wildman–Crippen MR) is 196 cm³/mol. The van der Waals surface area contributed by atoms with Crippen LogP contribution in [0.5, 0.6) is 6.01 Å². The molecule has 0 bridgehead atoms. The van der Waals surface area contributed by atoms with Crippen LogP contribution in [0.25, 0.3) is 33.1 Å². The topological polar surface area (TPSA) is 126 Å². The Bertz CT molecular complexity index is 1980. The third-order valence-corrected chi connectivity index (χ3v) is 11.4. The van der Waals surface area contributed by atoms with Crippen LogP contribution in [0.1, 0.15) is 32.1 Å². The number of carbonyl (C=O) groups is 1. The number of rotatable bonds is 9. The van der Waals surface area contributed by atoms with Crippen molar-refractivity contribution in [1.82, 2.24) is 34.6 Å². The number of halogens is 2. The molecule has 12 nitrogen and oxygen atoms in total. The molecular formula is C37H43ClFN9O3. The molecule has 2 N–H and O–H groups in total. The number of ether oxygens (including phenoxy) is 2. The van der Waals surface area contributed by atoms with Crippen LogP contribution in [-0.2, 0) is 9.53 Å². The van der Waals surface area contributed by atoms with Crippen LogP contribution in [0, 0.1) is 5.82 Å². The maximum Gasteiger partial charge on any atom is 0.319 e. The Labute approximate surface area is 301 Å². The number of fused-ring (bicyclic) bond motifs is 3. The fourth-order valence-corrected chi connectivity index (χ4v) is 8.53. The number of nitrogen functional groups attached to an aromatic ring is 1. The first-order valence-electron chi connectivity index (χ1n) is 17.9. The molecule has 4 aliphatic heterocycles. The van der Waals surface area contributed by atoms with Crippen molar-refractivity contribution in [1.29, 1.82) is 0 Å². The van der Waals surface area contributed by atoms with Crippen molar-refractivity contribution in [3.05, 3.63) is 53.5 Å². The molecule has 0 spiro atoms. The summed E-state index contributed by atoms with van der Waals surface area (Å²) in [5.41, 5.74) is 6.42. The molecule has 1 unspecified atom stereocenters. The van der Waals surface area contributed by atoms with Crippen LogP contribution in [-0.4, -0.2) is 125 Å². The molecule has 1 atom stereocenters. The zero-order valence-electron chi connectivity index (χ0n) is 28.9. The van der Waals surface area contributed by atoms with Gasteiger partial charge in [-0.25, -0.2) is 9.37 Å². The first-order valence-corrected chi connectivity index (χ1v) is 18.2. The van der Waals surface area contributed by atoms with Crippen LogP contribution in [0.2, 0.25) is 5.02 Å². The molecule has 8 rings (SSSR count). The average Bonchev–Trinajstić information content (AvgIpc) is 3.88. The Hall–Kier alpha value is -4.17. The van der Waals surface area contributed by atoms with Gasteiger partial charge in [0.25, 0.3) is 0 Å². The van der Waals surface area contributed by atoms with E-state index in [0.29, 0.717) is 47.9 Å². The van der Waals surface area contributed by atoms with Gasteiger partial charge >= 0.3 is 6.01 Å². The highest BCUT2D eigenvalue weighted by atomic mass is 35.5. The zero-order chi connectivity index (χ0) is 35.1. The van der Waals surface area contributed by atoms with E-state index in [4.69, 9.17) is 31.8 Å². The molecule has 4 aliphatic rings. The number of nitrogens with zero attached hydrogens (tertiary/aromatic N) is 8. The van der Waals surface area contributed by atoms with Crippen molar-refractivity contribution in [2.24, 2.45) is 0 Å². The number of likely N-dealkylation sites (N-methyl/N-ethyl adjacent to an activating group) is 1. The molecular weight excluding hydrogens is 673 g/mol. The van der Waals surface area contributed by atoms with Gasteiger partial charge in [-0.3, -0.25) is 19.6 Å². The summed E-state index contributed by atoms with van der Waals surface area (Å²) in [6.07, 6.45) is 10.3. The average molecular weight is 716 g/mol. The van der Waals surface area contributed by atoms with Gasteiger partial charge < -0.3 is 25.0 Å². The number of carbonyl (C=O) groups excluding carboxylic acids is 1. The third-order valence-electron chi connectivity index (χ3n) is 11.1. The predicted octanol–water partition coefficient (Wildman–Crippen LogP) is 4.55. The second kappa shape index (κ2) is 14.1. The minimum absolute atomic E-state index is 0.0102. The van der Waals surface area contributed by atoms with Gasteiger partial charge in [0.15, 0.2) is 5.82 Å². The van der Waals surface area contributed by atoms with Gasteiger partial charge in [0.05, 0.1) is 29.2 Å². The van der Waals surface area contributed by atoms with Crippen LogP contribution < -0.4 is 15.4 Å². The smallest absolute Gasteiger partial charge is 0.319 e. The molecule has 0 saturated carbocycles. The van der Waals surface area contributed by atoms with Gasteiger partial charge in [0.2, 0.25) is 5.91 Å². The number of amides is 1. The minimum Gasteiger partial charge on any atom is -0.461 e. The molecule has 7 heterocycles.